The zero-order chi connectivity index (χ0) is 12.3. The maximum Gasteiger partial charge on any atom is 0.260 e. The van der Waals surface area contributed by atoms with Crippen LogP contribution >= 0.6 is 11.6 Å². The molecule has 1 aromatic heterocycles. The first-order valence-corrected chi connectivity index (χ1v) is 7.72. The van der Waals surface area contributed by atoms with E-state index in [4.69, 9.17) is 11.6 Å². The summed E-state index contributed by atoms with van der Waals surface area (Å²) in [5.74, 6) is 0.152. The van der Waals surface area contributed by atoms with E-state index in [9.17, 15) is 8.42 Å². The van der Waals surface area contributed by atoms with Crippen LogP contribution in [0.1, 0.15) is 31.2 Å². The van der Waals surface area contributed by atoms with E-state index in [0.29, 0.717) is 18.7 Å². The van der Waals surface area contributed by atoms with Gasteiger partial charge in [0.2, 0.25) is 0 Å². The summed E-state index contributed by atoms with van der Waals surface area (Å²) in [6, 6.07) is 0. The summed E-state index contributed by atoms with van der Waals surface area (Å²) in [6.45, 7) is 1.17. The average molecular weight is 278 g/mol. The van der Waals surface area contributed by atoms with Crippen LogP contribution in [0.2, 0.25) is 0 Å². The first kappa shape index (κ1) is 12.9. The fourth-order valence-electron chi connectivity index (χ4n) is 2.03. The fraction of sp³-hybridized carbons (Fsp3) is 0.700. The normalized spacial score (nSPS) is 19.1. The van der Waals surface area contributed by atoms with Gasteiger partial charge in [0.1, 0.15) is 0 Å². The van der Waals surface area contributed by atoms with Gasteiger partial charge in [-0.3, -0.25) is 5.10 Å². The van der Waals surface area contributed by atoms with E-state index >= 15 is 0 Å². The second-order valence-corrected chi connectivity index (χ2v) is 6.32. The Bertz CT molecular complexity index is 464. The van der Waals surface area contributed by atoms with Crippen LogP contribution in [0.3, 0.4) is 0 Å². The molecular weight excluding hydrogens is 262 g/mol. The molecule has 17 heavy (non-hydrogen) atoms. The van der Waals surface area contributed by atoms with Crippen molar-refractivity contribution in [3.8, 4) is 0 Å². The van der Waals surface area contributed by atoms with Gasteiger partial charge in [0.05, 0.1) is 12.1 Å². The fourth-order valence-corrected chi connectivity index (χ4v) is 3.93. The van der Waals surface area contributed by atoms with E-state index in [2.05, 4.69) is 10.2 Å². The number of alkyl halides is 1. The van der Waals surface area contributed by atoms with Crippen molar-refractivity contribution in [2.45, 2.75) is 36.6 Å². The second kappa shape index (κ2) is 5.37. The lowest BCUT2D eigenvalue weighted by Crippen LogP contribution is -2.32. The number of rotatable bonds is 3. The Morgan fingerprint density at radius 1 is 1.29 bits per heavy atom. The number of sulfonamides is 1. The molecule has 0 atom stereocenters. The van der Waals surface area contributed by atoms with Gasteiger partial charge in [-0.15, -0.1) is 11.6 Å². The molecule has 1 aliphatic heterocycles. The van der Waals surface area contributed by atoms with Crippen LogP contribution in [0, 0.1) is 0 Å². The summed E-state index contributed by atoms with van der Waals surface area (Å²) in [5, 5.41) is 6.46. The molecule has 2 rings (SSSR count). The molecule has 1 saturated heterocycles. The van der Waals surface area contributed by atoms with Gasteiger partial charge in [-0.1, -0.05) is 12.8 Å². The maximum absolute atomic E-state index is 12.4. The summed E-state index contributed by atoms with van der Waals surface area (Å²) in [5.41, 5.74) is 0.538. The van der Waals surface area contributed by atoms with Gasteiger partial charge >= 0.3 is 0 Å². The van der Waals surface area contributed by atoms with E-state index in [1.54, 1.807) is 0 Å². The maximum atomic E-state index is 12.4. The molecular formula is C10H16ClN3O2S. The van der Waals surface area contributed by atoms with Gasteiger partial charge in [0.25, 0.3) is 10.0 Å². The summed E-state index contributed by atoms with van der Waals surface area (Å²) in [4.78, 5) is 0. The summed E-state index contributed by atoms with van der Waals surface area (Å²) in [7, 11) is -3.45. The van der Waals surface area contributed by atoms with Crippen molar-refractivity contribution in [3.63, 3.8) is 0 Å². The molecule has 1 fully saturated rings. The van der Waals surface area contributed by atoms with E-state index in [0.717, 1.165) is 25.7 Å². The molecule has 0 radical (unpaired) electrons. The molecule has 1 aromatic rings. The van der Waals surface area contributed by atoms with Crippen molar-refractivity contribution in [2.75, 3.05) is 13.1 Å². The monoisotopic (exact) mass is 277 g/mol. The van der Waals surface area contributed by atoms with Gasteiger partial charge in [-0.25, -0.2) is 8.42 Å². The van der Waals surface area contributed by atoms with Crippen molar-refractivity contribution in [2.24, 2.45) is 0 Å². The highest BCUT2D eigenvalue weighted by Gasteiger charge is 2.28. The van der Waals surface area contributed by atoms with Crippen LogP contribution in [-0.4, -0.2) is 36.0 Å². The van der Waals surface area contributed by atoms with Crippen LogP contribution in [0.25, 0.3) is 0 Å². The Morgan fingerprint density at radius 3 is 2.53 bits per heavy atom. The molecule has 1 aliphatic rings. The molecule has 0 spiro atoms. The minimum Gasteiger partial charge on any atom is -0.266 e. The molecule has 0 amide bonds. The smallest absolute Gasteiger partial charge is 0.260 e. The first-order chi connectivity index (χ1) is 8.16. The van der Waals surface area contributed by atoms with E-state index in [1.165, 1.54) is 10.5 Å². The van der Waals surface area contributed by atoms with Gasteiger partial charge in [-0.05, 0) is 12.8 Å². The third-order valence-electron chi connectivity index (χ3n) is 2.99. The van der Waals surface area contributed by atoms with Gasteiger partial charge in [-0.2, -0.15) is 9.40 Å². The van der Waals surface area contributed by atoms with Gasteiger partial charge in [0, 0.05) is 18.7 Å². The minimum absolute atomic E-state index is 0.148. The summed E-state index contributed by atoms with van der Waals surface area (Å²) >= 11 is 5.71. The van der Waals surface area contributed by atoms with E-state index in [1.807, 2.05) is 0 Å². The number of nitrogens with zero attached hydrogens (tertiary/aromatic N) is 2. The highest BCUT2D eigenvalue weighted by atomic mass is 35.5. The number of hydrogen-bond acceptors (Lipinski definition) is 3. The quantitative estimate of drug-likeness (QED) is 0.856. The Morgan fingerprint density at radius 2 is 1.94 bits per heavy atom. The molecule has 0 aromatic carbocycles. The van der Waals surface area contributed by atoms with Crippen molar-refractivity contribution < 1.29 is 8.42 Å². The second-order valence-electron chi connectivity index (χ2n) is 4.18. The lowest BCUT2D eigenvalue weighted by Gasteiger charge is -2.19. The van der Waals surface area contributed by atoms with E-state index < -0.39 is 10.0 Å². The number of hydrogen-bond donors (Lipinski definition) is 1. The summed E-state index contributed by atoms with van der Waals surface area (Å²) < 4.78 is 26.3. The SMILES string of the molecule is O=S(=O)(c1[nH]ncc1CCl)N1CCCCCC1. The molecule has 5 nitrogen and oxygen atoms in total. The Kier molecular flexibility index (Phi) is 4.06. The molecule has 0 aliphatic carbocycles. The van der Waals surface area contributed by atoms with Crippen LogP contribution in [0.15, 0.2) is 11.2 Å². The number of aromatic amines is 1. The molecule has 2 heterocycles. The zero-order valence-electron chi connectivity index (χ0n) is 9.52. The van der Waals surface area contributed by atoms with E-state index in [-0.39, 0.29) is 10.9 Å². The molecule has 0 unspecified atom stereocenters. The van der Waals surface area contributed by atoms with Crippen LogP contribution in [0.4, 0.5) is 0 Å². The predicted molar refractivity (Wildman–Crippen MR) is 65.4 cm³/mol. The van der Waals surface area contributed by atoms with Gasteiger partial charge in [0.15, 0.2) is 5.03 Å². The Balaban J connectivity index is 2.28. The molecule has 96 valence electrons. The standard InChI is InChI=1S/C10H16ClN3O2S/c11-7-9-8-12-13-10(9)17(15,16)14-5-3-1-2-4-6-14/h8H,1-7H2,(H,12,13). The number of nitrogens with one attached hydrogen (secondary N) is 1. The third kappa shape index (κ3) is 2.64. The Labute approximate surface area is 106 Å². The lowest BCUT2D eigenvalue weighted by atomic mass is 10.2. The lowest BCUT2D eigenvalue weighted by molar-refractivity contribution is 0.421. The number of aromatic nitrogens is 2. The summed E-state index contributed by atoms with van der Waals surface area (Å²) in [6.07, 6.45) is 5.50. The van der Waals surface area contributed by atoms with Crippen LogP contribution in [0.5, 0.6) is 0 Å². The molecule has 0 saturated carbocycles. The topological polar surface area (TPSA) is 66.1 Å². The van der Waals surface area contributed by atoms with Crippen molar-refractivity contribution >= 4 is 21.6 Å². The minimum atomic E-state index is -3.45. The Hall–Kier alpha value is -0.590. The highest BCUT2D eigenvalue weighted by Crippen LogP contribution is 2.22. The van der Waals surface area contributed by atoms with Gasteiger partial charge < -0.3 is 0 Å². The predicted octanol–water partition coefficient (Wildman–Crippen LogP) is 1.71. The third-order valence-corrected chi connectivity index (χ3v) is 5.19. The van der Waals surface area contributed by atoms with Crippen LogP contribution < -0.4 is 0 Å². The molecule has 0 bridgehead atoms. The largest absolute Gasteiger partial charge is 0.266 e. The van der Waals surface area contributed by atoms with Crippen molar-refractivity contribution in [1.82, 2.24) is 14.5 Å². The molecule has 7 heteroatoms. The van der Waals surface area contributed by atoms with Crippen LogP contribution in [-0.2, 0) is 15.9 Å². The van der Waals surface area contributed by atoms with Crippen molar-refractivity contribution in [3.05, 3.63) is 11.8 Å². The highest BCUT2D eigenvalue weighted by molar-refractivity contribution is 7.89. The first-order valence-electron chi connectivity index (χ1n) is 5.74. The zero-order valence-corrected chi connectivity index (χ0v) is 11.1. The average Bonchev–Trinajstić information content (AvgIpc) is 2.63. The van der Waals surface area contributed by atoms with Crippen molar-refractivity contribution in [1.29, 1.82) is 0 Å². The molecule has 1 N–H and O–H groups in total. The number of H-pyrrole nitrogens is 1. The number of halogens is 1.